The molecule has 0 radical (unpaired) electrons. The average Bonchev–Trinajstić information content (AvgIpc) is 3.31. The molecule has 5 heteroatoms. The van der Waals surface area contributed by atoms with Crippen LogP contribution in [0.2, 0.25) is 0 Å². The highest BCUT2D eigenvalue weighted by Gasteiger charge is 2.55. The van der Waals surface area contributed by atoms with Gasteiger partial charge in [0.2, 0.25) is 0 Å². The number of nitrogens with zero attached hydrogens (tertiary/aromatic N) is 3. The second-order valence-electron chi connectivity index (χ2n) is 10.2. The van der Waals surface area contributed by atoms with E-state index in [0.29, 0.717) is 17.5 Å². The van der Waals surface area contributed by atoms with Crippen molar-refractivity contribution in [3.63, 3.8) is 0 Å². The first-order chi connectivity index (χ1) is 12.8. The molecule has 0 bridgehead atoms. The number of hydrogen-bond donors (Lipinski definition) is 0. The fourth-order valence-electron chi connectivity index (χ4n) is 4.89. The van der Waals surface area contributed by atoms with Crippen LogP contribution in [0.4, 0.5) is 4.39 Å². The summed E-state index contributed by atoms with van der Waals surface area (Å²) in [6.45, 7) is 13.2. The predicted octanol–water partition coefficient (Wildman–Crippen LogP) is 3.51. The van der Waals surface area contributed by atoms with Gasteiger partial charge in [-0.15, -0.1) is 0 Å². The van der Waals surface area contributed by atoms with Gasteiger partial charge >= 0.3 is 0 Å². The van der Waals surface area contributed by atoms with Crippen LogP contribution < -0.4 is 0 Å². The molecular weight excluding hydrogens is 341 g/mol. The minimum absolute atomic E-state index is 0.0206. The minimum atomic E-state index is -0.185. The molecule has 2 spiro atoms. The smallest absolute Gasteiger partial charge is 0.144 e. The molecule has 0 aromatic carbocycles. The molecule has 4 rings (SSSR count). The summed E-state index contributed by atoms with van der Waals surface area (Å²) in [5.74, 6) is -0.185. The SMILES string of the molecule is CC(C)(C)CN1CC2(CCN(CCc3ncccc3F)CC2)OC2(CC2)C1. The Morgan fingerprint density at radius 1 is 1.07 bits per heavy atom. The Bertz CT molecular complexity index is 658. The van der Waals surface area contributed by atoms with Crippen LogP contribution in [0.15, 0.2) is 18.3 Å². The van der Waals surface area contributed by atoms with E-state index in [9.17, 15) is 4.39 Å². The van der Waals surface area contributed by atoms with Gasteiger partial charge in [0.05, 0.1) is 16.9 Å². The Morgan fingerprint density at radius 3 is 2.33 bits per heavy atom. The third kappa shape index (κ3) is 4.69. The highest BCUT2D eigenvalue weighted by molar-refractivity contribution is 5.09. The Morgan fingerprint density at radius 2 is 1.74 bits per heavy atom. The van der Waals surface area contributed by atoms with Crippen LogP contribution in [0.1, 0.15) is 52.1 Å². The number of rotatable bonds is 4. The van der Waals surface area contributed by atoms with Crippen molar-refractivity contribution in [2.45, 2.75) is 64.1 Å². The standard InChI is InChI=1S/C22H34FN3O/c1-20(2,3)15-26-16-21(7-8-21)27-22(17-26)9-13-25(14-10-22)12-6-19-18(23)5-4-11-24-19/h4-5,11H,6-10,12-17H2,1-3H3. The zero-order chi connectivity index (χ0) is 19.1. The second kappa shape index (κ2) is 7.09. The zero-order valence-electron chi connectivity index (χ0n) is 17.1. The first-order valence-corrected chi connectivity index (χ1v) is 10.5. The van der Waals surface area contributed by atoms with E-state index >= 15 is 0 Å². The lowest BCUT2D eigenvalue weighted by atomic mass is 9.86. The Hall–Kier alpha value is -1.04. The zero-order valence-corrected chi connectivity index (χ0v) is 17.1. The largest absolute Gasteiger partial charge is 0.366 e. The number of piperidine rings is 1. The summed E-state index contributed by atoms with van der Waals surface area (Å²) in [5.41, 5.74) is 1.07. The molecular formula is C22H34FN3O. The number of ether oxygens (including phenoxy) is 1. The van der Waals surface area contributed by atoms with Crippen LogP contribution in [0, 0.1) is 11.2 Å². The summed E-state index contributed by atoms with van der Waals surface area (Å²) in [6.07, 6.45) is 6.97. The number of likely N-dealkylation sites (tertiary alicyclic amines) is 1. The molecule has 1 aromatic rings. The van der Waals surface area contributed by atoms with E-state index in [4.69, 9.17) is 4.74 Å². The van der Waals surface area contributed by atoms with Crippen LogP contribution in [-0.2, 0) is 11.2 Å². The number of pyridine rings is 1. The topological polar surface area (TPSA) is 28.6 Å². The lowest BCUT2D eigenvalue weighted by Gasteiger charge is -2.51. The lowest BCUT2D eigenvalue weighted by molar-refractivity contribution is -0.191. The van der Waals surface area contributed by atoms with Crippen molar-refractivity contribution in [1.82, 2.24) is 14.8 Å². The Labute approximate surface area is 163 Å². The Kier molecular flexibility index (Phi) is 5.06. The van der Waals surface area contributed by atoms with Crippen LogP contribution in [-0.4, -0.2) is 65.3 Å². The van der Waals surface area contributed by atoms with E-state index in [2.05, 4.69) is 35.6 Å². The summed E-state index contributed by atoms with van der Waals surface area (Å²) < 4.78 is 20.5. The summed E-state index contributed by atoms with van der Waals surface area (Å²) in [4.78, 5) is 9.30. The quantitative estimate of drug-likeness (QED) is 0.805. The Balaban J connectivity index is 1.34. The molecule has 3 fully saturated rings. The van der Waals surface area contributed by atoms with Gasteiger partial charge in [-0.1, -0.05) is 20.8 Å². The average molecular weight is 376 g/mol. The highest BCUT2D eigenvalue weighted by atomic mass is 19.1. The van der Waals surface area contributed by atoms with Crippen molar-refractivity contribution in [2.24, 2.45) is 5.41 Å². The molecule has 0 N–H and O–H groups in total. The minimum Gasteiger partial charge on any atom is -0.366 e. The molecule has 0 amide bonds. The van der Waals surface area contributed by atoms with Gasteiger partial charge in [-0.05, 0) is 43.2 Å². The van der Waals surface area contributed by atoms with Gasteiger partial charge in [0, 0.05) is 51.9 Å². The van der Waals surface area contributed by atoms with E-state index < -0.39 is 0 Å². The van der Waals surface area contributed by atoms with Gasteiger partial charge in [0.15, 0.2) is 0 Å². The predicted molar refractivity (Wildman–Crippen MR) is 105 cm³/mol. The number of halogens is 1. The van der Waals surface area contributed by atoms with Gasteiger partial charge in [-0.3, -0.25) is 9.88 Å². The molecule has 2 aliphatic heterocycles. The molecule has 3 heterocycles. The van der Waals surface area contributed by atoms with Gasteiger partial charge in [-0.2, -0.15) is 0 Å². The summed E-state index contributed by atoms with van der Waals surface area (Å²) >= 11 is 0. The molecule has 4 nitrogen and oxygen atoms in total. The molecule has 3 aliphatic rings. The maximum Gasteiger partial charge on any atom is 0.144 e. The van der Waals surface area contributed by atoms with Crippen molar-refractivity contribution in [3.05, 3.63) is 29.8 Å². The molecule has 1 aliphatic carbocycles. The van der Waals surface area contributed by atoms with E-state index in [0.717, 1.165) is 52.1 Å². The van der Waals surface area contributed by atoms with E-state index in [-0.39, 0.29) is 17.0 Å². The lowest BCUT2D eigenvalue weighted by Crippen LogP contribution is -2.61. The van der Waals surface area contributed by atoms with E-state index in [1.807, 2.05) is 0 Å². The van der Waals surface area contributed by atoms with Crippen molar-refractivity contribution >= 4 is 0 Å². The summed E-state index contributed by atoms with van der Waals surface area (Å²) in [6, 6.07) is 3.16. The van der Waals surface area contributed by atoms with Crippen molar-refractivity contribution in [1.29, 1.82) is 0 Å². The third-order valence-corrected chi connectivity index (χ3v) is 6.23. The van der Waals surface area contributed by atoms with Crippen molar-refractivity contribution in [3.8, 4) is 0 Å². The first kappa shape index (κ1) is 19.3. The number of aromatic nitrogens is 1. The summed E-state index contributed by atoms with van der Waals surface area (Å²) in [5, 5.41) is 0. The van der Waals surface area contributed by atoms with Crippen molar-refractivity contribution < 1.29 is 9.13 Å². The fraction of sp³-hybridized carbons (Fsp3) is 0.773. The van der Waals surface area contributed by atoms with E-state index in [1.54, 1.807) is 12.3 Å². The molecule has 27 heavy (non-hydrogen) atoms. The first-order valence-electron chi connectivity index (χ1n) is 10.5. The fourth-order valence-corrected chi connectivity index (χ4v) is 4.89. The molecule has 150 valence electrons. The number of hydrogen-bond acceptors (Lipinski definition) is 4. The highest BCUT2D eigenvalue weighted by Crippen LogP contribution is 2.49. The van der Waals surface area contributed by atoms with Crippen LogP contribution in [0.3, 0.4) is 0 Å². The summed E-state index contributed by atoms with van der Waals surface area (Å²) in [7, 11) is 0. The van der Waals surface area contributed by atoms with Crippen LogP contribution >= 0.6 is 0 Å². The van der Waals surface area contributed by atoms with Crippen LogP contribution in [0.5, 0.6) is 0 Å². The normalized spacial score (nSPS) is 25.2. The molecule has 1 saturated carbocycles. The van der Waals surface area contributed by atoms with E-state index in [1.165, 1.54) is 18.9 Å². The third-order valence-electron chi connectivity index (χ3n) is 6.23. The number of morpholine rings is 1. The van der Waals surface area contributed by atoms with Crippen molar-refractivity contribution in [2.75, 3.05) is 39.3 Å². The molecule has 2 saturated heterocycles. The molecule has 0 unspecified atom stereocenters. The monoisotopic (exact) mass is 375 g/mol. The molecule has 0 atom stereocenters. The van der Waals surface area contributed by atoms with Gasteiger partial charge < -0.3 is 9.64 Å². The van der Waals surface area contributed by atoms with Gasteiger partial charge in [0.25, 0.3) is 0 Å². The van der Waals surface area contributed by atoms with Gasteiger partial charge in [-0.25, -0.2) is 4.39 Å². The second-order valence-corrected chi connectivity index (χ2v) is 10.2. The maximum absolute atomic E-state index is 13.8. The van der Waals surface area contributed by atoms with Crippen LogP contribution in [0.25, 0.3) is 0 Å². The van der Waals surface area contributed by atoms with Gasteiger partial charge in [0.1, 0.15) is 5.82 Å². The molecule has 1 aromatic heterocycles. The maximum atomic E-state index is 13.8.